The summed E-state index contributed by atoms with van der Waals surface area (Å²) in [6.07, 6.45) is 2.69. The summed E-state index contributed by atoms with van der Waals surface area (Å²) in [5.74, 6) is 0.797. The Bertz CT molecular complexity index is 353. The van der Waals surface area contributed by atoms with Crippen LogP contribution in [0.15, 0.2) is 11.4 Å². The summed E-state index contributed by atoms with van der Waals surface area (Å²) in [6.45, 7) is 5.81. The second-order valence-corrected chi connectivity index (χ2v) is 6.63. The molecule has 0 amide bonds. The summed E-state index contributed by atoms with van der Waals surface area (Å²) in [6, 6.07) is 2.47. The predicted molar refractivity (Wildman–Crippen MR) is 76.0 cm³/mol. The highest BCUT2D eigenvalue weighted by molar-refractivity contribution is 7.14. The quantitative estimate of drug-likeness (QED) is 0.904. The van der Waals surface area contributed by atoms with Gasteiger partial charge in [-0.05, 0) is 62.8 Å². The summed E-state index contributed by atoms with van der Waals surface area (Å²) in [4.78, 5) is 2.43. The van der Waals surface area contributed by atoms with Gasteiger partial charge in [0.25, 0.3) is 0 Å². The highest BCUT2D eigenvalue weighted by Gasteiger charge is 2.18. The van der Waals surface area contributed by atoms with Gasteiger partial charge in [-0.1, -0.05) is 11.6 Å². The van der Waals surface area contributed by atoms with E-state index in [4.69, 9.17) is 11.6 Å². The van der Waals surface area contributed by atoms with Gasteiger partial charge in [0.15, 0.2) is 0 Å². The largest absolute Gasteiger partial charge is 0.310 e. The highest BCUT2D eigenvalue weighted by Crippen LogP contribution is 2.25. The molecule has 0 saturated carbocycles. The maximum atomic E-state index is 5.96. The Labute approximate surface area is 113 Å². The number of halogens is 1. The fourth-order valence-electron chi connectivity index (χ4n) is 2.45. The monoisotopic (exact) mass is 272 g/mol. The zero-order valence-electron chi connectivity index (χ0n) is 10.6. The van der Waals surface area contributed by atoms with Crippen molar-refractivity contribution in [3.63, 3.8) is 0 Å². The van der Waals surface area contributed by atoms with E-state index in [2.05, 4.69) is 35.6 Å². The molecule has 1 aromatic rings. The number of rotatable bonds is 4. The van der Waals surface area contributed by atoms with E-state index in [-0.39, 0.29) is 0 Å². The average Bonchev–Trinajstić information content (AvgIpc) is 2.73. The van der Waals surface area contributed by atoms with Gasteiger partial charge in [-0.15, -0.1) is 11.3 Å². The molecule has 17 heavy (non-hydrogen) atoms. The van der Waals surface area contributed by atoms with Crippen molar-refractivity contribution >= 4 is 22.9 Å². The Hall–Kier alpha value is -0.0900. The van der Waals surface area contributed by atoms with Crippen LogP contribution < -0.4 is 5.32 Å². The second kappa shape index (κ2) is 6.19. The van der Waals surface area contributed by atoms with Crippen LogP contribution in [0.5, 0.6) is 0 Å². The van der Waals surface area contributed by atoms with Gasteiger partial charge < -0.3 is 10.2 Å². The van der Waals surface area contributed by atoms with E-state index in [0.29, 0.717) is 6.04 Å². The van der Waals surface area contributed by atoms with Crippen molar-refractivity contribution in [1.82, 2.24) is 10.2 Å². The van der Waals surface area contributed by atoms with E-state index in [1.165, 1.54) is 31.5 Å². The lowest BCUT2D eigenvalue weighted by Crippen LogP contribution is -2.37. The standard InChI is InChI=1S/C13H21ClN2S/c1-10(12-6-13(14)17-9-12)15-7-11-4-3-5-16(2)8-11/h6,9-11,15H,3-5,7-8H2,1-2H3. The van der Waals surface area contributed by atoms with E-state index in [9.17, 15) is 0 Å². The van der Waals surface area contributed by atoms with Crippen LogP contribution >= 0.6 is 22.9 Å². The average molecular weight is 273 g/mol. The molecular formula is C13H21ClN2S. The van der Waals surface area contributed by atoms with Crippen LogP contribution in [0.1, 0.15) is 31.4 Å². The molecule has 2 unspecified atom stereocenters. The van der Waals surface area contributed by atoms with Crippen molar-refractivity contribution in [2.75, 3.05) is 26.7 Å². The molecule has 4 heteroatoms. The number of thiophene rings is 1. The Kier molecular flexibility index (Phi) is 4.86. The molecule has 0 spiro atoms. The van der Waals surface area contributed by atoms with Gasteiger partial charge in [0, 0.05) is 12.6 Å². The van der Waals surface area contributed by atoms with Gasteiger partial charge in [-0.2, -0.15) is 0 Å². The highest BCUT2D eigenvalue weighted by atomic mass is 35.5. The fraction of sp³-hybridized carbons (Fsp3) is 0.692. The molecule has 0 aliphatic carbocycles. The lowest BCUT2D eigenvalue weighted by Gasteiger charge is -2.30. The third-order valence-electron chi connectivity index (χ3n) is 3.52. The van der Waals surface area contributed by atoms with Crippen molar-refractivity contribution in [3.05, 3.63) is 21.3 Å². The Morgan fingerprint density at radius 3 is 3.12 bits per heavy atom. The number of nitrogens with zero attached hydrogens (tertiary/aromatic N) is 1. The number of hydrogen-bond acceptors (Lipinski definition) is 3. The topological polar surface area (TPSA) is 15.3 Å². The van der Waals surface area contributed by atoms with Crippen molar-refractivity contribution in [3.8, 4) is 0 Å². The van der Waals surface area contributed by atoms with Crippen molar-refractivity contribution in [2.24, 2.45) is 5.92 Å². The molecule has 0 bridgehead atoms. The van der Waals surface area contributed by atoms with Gasteiger partial charge >= 0.3 is 0 Å². The molecule has 2 heterocycles. The van der Waals surface area contributed by atoms with Crippen LogP contribution in [0, 0.1) is 5.92 Å². The van der Waals surface area contributed by atoms with Crippen LogP contribution in [0.3, 0.4) is 0 Å². The van der Waals surface area contributed by atoms with Crippen LogP contribution in [0.4, 0.5) is 0 Å². The van der Waals surface area contributed by atoms with E-state index in [1.54, 1.807) is 11.3 Å². The Balaban J connectivity index is 1.77. The maximum Gasteiger partial charge on any atom is 0.0931 e. The van der Waals surface area contributed by atoms with Gasteiger partial charge in [-0.25, -0.2) is 0 Å². The van der Waals surface area contributed by atoms with Gasteiger partial charge in [-0.3, -0.25) is 0 Å². The minimum Gasteiger partial charge on any atom is -0.310 e. The summed E-state index contributed by atoms with van der Waals surface area (Å²) < 4.78 is 0.881. The molecular weight excluding hydrogens is 252 g/mol. The van der Waals surface area contributed by atoms with Crippen LogP contribution in [-0.4, -0.2) is 31.6 Å². The molecule has 1 N–H and O–H groups in total. The number of hydrogen-bond donors (Lipinski definition) is 1. The van der Waals surface area contributed by atoms with Crippen molar-refractivity contribution in [1.29, 1.82) is 0 Å². The fourth-order valence-corrected chi connectivity index (χ4v) is 3.44. The first kappa shape index (κ1) is 13.3. The van der Waals surface area contributed by atoms with Crippen LogP contribution in [0.2, 0.25) is 4.34 Å². The number of piperidine rings is 1. The molecule has 1 aliphatic heterocycles. The SMILES string of the molecule is CC(NCC1CCCN(C)C1)c1csc(Cl)c1. The first-order valence-electron chi connectivity index (χ1n) is 6.31. The lowest BCUT2D eigenvalue weighted by molar-refractivity contribution is 0.203. The predicted octanol–water partition coefficient (Wildman–Crippen LogP) is 3.39. The Morgan fingerprint density at radius 1 is 1.65 bits per heavy atom. The minimum absolute atomic E-state index is 0.408. The molecule has 1 saturated heterocycles. The molecule has 0 radical (unpaired) electrons. The normalized spacial score (nSPS) is 23.8. The number of nitrogens with one attached hydrogen (secondary N) is 1. The van der Waals surface area contributed by atoms with Gasteiger partial charge in [0.1, 0.15) is 0 Å². The summed E-state index contributed by atoms with van der Waals surface area (Å²) >= 11 is 7.57. The maximum absolute atomic E-state index is 5.96. The molecule has 2 rings (SSSR count). The molecule has 1 fully saturated rings. The molecule has 1 aromatic heterocycles. The zero-order chi connectivity index (χ0) is 12.3. The van der Waals surface area contributed by atoms with Gasteiger partial charge in [0.2, 0.25) is 0 Å². The second-order valence-electron chi connectivity index (χ2n) is 5.08. The molecule has 96 valence electrons. The summed E-state index contributed by atoms with van der Waals surface area (Å²) in [5.41, 5.74) is 1.31. The summed E-state index contributed by atoms with van der Waals surface area (Å²) in [5, 5.41) is 5.77. The zero-order valence-corrected chi connectivity index (χ0v) is 12.2. The minimum atomic E-state index is 0.408. The first-order chi connectivity index (χ1) is 8.15. The van der Waals surface area contributed by atoms with Crippen molar-refractivity contribution in [2.45, 2.75) is 25.8 Å². The van der Waals surface area contributed by atoms with Crippen molar-refractivity contribution < 1.29 is 0 Å². The molecule has 2 nitrogen and oxygen atoms in total. The van der Waals surface area contributed by atoms with E-state index >= 15 is 0 Å². The lowest BCUT2D eigenvalue weighted by atomic mass is 9.98. The molecule has 0 aromatic carbocycles. The molecule has 2 atom stereocenters. The summed E-state index contributed by atoms with van der Waals surface area (Å²) in [7, 11) is 2.22. The Morgan fingerprint density at radius 2 is 2.47 bits per heavy atom. The van der Waals surface area contributed by atoms with Crippen LogP contribution in [-0.2, 0) is 0 Å². The van der Waals surface area contributed by atoms with E-state index in [0.717, 1.165) is 16.8 Å². The third kappa shape index (κ3) is 3.95. The van der Waals surface area contributed by atoms with E-state index in [1.807, 2.05) is 0 Å². The first-order valence-corrected chi connectivity index (χ1v) is 7.57. The van der Waals surface area contributed by atoms with E-state index < -0.39 is 0 Å². The van der Waals surface area contributed by atoms with Gasteiger partial charge in [0.05, 0.1) is 4.34 Å². The number of likely N-dealkylation sites (tertiary alicyclic amines) is 1. The molecule has 1 aliphatic rings. The smallest absolute Gasteiger partial charge is 0.0931 e. The van der Waals surface area contributed by atoms with Crippen LogP contribution in [0.25, 0.3) is 0 Å². The third-order valence-corrected chi connectivity index (χ3v) is 4.63.